The lowest BCUT2D eigenvalue weighted by Gasteiger charge is -2.23. The normalized spacial score (nSPS) is 12.6. The smallest absolute Gasteiger partial charge is 0.294 e. The van der Waals surface area contributed by atoms with Gasteiger partial charge in [-0.1, -0.05) is 12.1 Å². The fourth-order valence-electron chi connectivity index (χ4n) is 9.95. The maximum Gasteiger partial charge on any atom is 0.294 e. The standard InChI is InChI=1S/C56H62N16O26S4/c73-9-5-71(6-10-74)55-63-51(61-53(65-55)59-41-23-39(99(83,84)85)19-33-21-43(101(89,90)91)47(49(77)45(33)41)69-67-37-15-29(25-95-79)13-30(16-37)26-96-80)57-35-1-2-36(4-3-35)58-52-62-54(66-56(64-52)72(7-11-75)8-12-76)60-42-24-40(100(86,87)88)20-34-22-44(102(92,93)94)48(50(78)46(34)42)70-68-38-17-31(27-97-81)14-32(18-38)28-98-82/h1-4,13-24,73-82,89-94H,5-12,25-28H2,(H,83,84,85)(H,86,87,88)(H2,57,59,61,63,65)(H2,58,60,62,64,66). The summed E-state index contributed by atoms with van der Waals surface area (Å²) < 4.78 is 136. The zero-order valence-corrected chi connectivity index (χ0v) is 55.3. The van der Waals surface area contributed by atoms with Crippen LogP contribution in [0.15, 0.2) is 137 Å². The minimum atomic E-state index is -5.15. The molecule has 0 unspecified atom stereocenters. The Bertz CT molecular complexity index is 4480. The molecule has 102 heavy (non-hydrogen) atoms. The second-order valence-corrected chi connectivity index (χ2v) is 27.1. The van der Waals surface area contributed by atoms with E-state index in [1.54, 1.807) is 0 Å². The van der Waals surface area contributed by atoms with Crippen LogP contribution >= 0.6 is 21.7 Å². The van der Waals surface area contributed by atoms with Gasteiger partial charge in [0.2, 0.25) is 35.7 Å². The Kier molecular flexibility index (Phi) is 24.9. The lowest BCUT2D eigenvalue weighted by atomic mass is 10.1. The number of hydrogen-bond donors (Lipinski definition) is 22. The number of anilines is 10. The molecule has 0 aliphatic heterocycles. The van der Waals surface area contributed by atoms with Gasteiger partial charge in [-0.15, -0.1) is 10.2 Å². The van der Waals surface area contributed by atoms with E-state index in [9.17, 15) is 83.9 Å². The van der Waals surface area contributed by atoms with Crippen molar-refractivity contribution in [3.63, 3.8) is 0 Å². The van der Waals surface area contributed by atoms with Crippen molar-refractivity contribution >= 4 is 145 Å². The topological polar surface area (TPSA) is 651 Å². The highest BCUT2D eigenvalue weighted by Crippen LogP contribution is 2.57. The molecule has 42 nitrogen and oxygen atoms in total. The summed E-state index contributed by atoms with van der Waals surface area (Å²) >= 11 is 0. The van der Waals surface area contributed by atoms with Gasteiger partial charge >= 0.3 is 0 Å². The maximum absolute atomic E-state index is 12.8. The van der Waals surface area contributed by atoms with Crippen molar-refractivity contribution in [2.24, 2.45) is 20.5 Å². The second kappa shape index (κ2) is 33.1. The van der Waals surface area contributed by atoms with Gasteiger partial charge in [-0.2, -0.15) is 57.0 Å². The molecule has 0 amide bonds. The molecule has 9 aromatic rings. The SMILES string of the molecule is O=S(=O)(O)c1cc(Nc2nc(Nc3ccc(Nc4nc(Nc5cc(S(=O)(=O)O)cc6cc(S(O)(O)O)c(N=Nc7cc(COO)cc(COO)c7)c(O)c56)nc(N(CCO)CCO)n4)cc3)nc(N(CCO)CCO)n2)c2c(O)c(N=Nc3cc(COO)cc(COO)c3)c(S(O)(O)O)cc2c1. The van der Waals surface area contributed by atoms with Crippen molar-refractivity contribution in [2.75, 3.05) is 83.7 Å². The third-order valence-corrected chi connectivity index (χ3v) is 17.6. The predicted octanol–water partition coefficient (Wildman–Crippen LogP) is 8.78. The molecule has 546 valence electrons. The minimum absolute atomic E-state index is 0.0591. The first-order valence-electron chi connectivity index (χ1n) is 28.9. The fraction of sp³-hybridized carbons (Fsp3) is 0.214. The number of fused-ring (bicyclic) bond motifs is 2. The van der Waals surface area contributed by atoms with E-state index in [2.05, 4.69) is 91.2 Å². The van der Waals surface area contributed by atoms with Crippen molar-refractivity contribution in [3.05, 3.63) is 119 Å². The van der Waals surface area contributed by atoms with E-state index < -0.39 is 161 Å². The lowest BCUT2D eigenvalue weighted by molar-refractivity contribution is -0.254. The lowest BCUT2D eigenvalue weighted by Crippen LogP contribution is -2.31. The van der Waals surface area contributed by atoms with Crippen LogP contribution in [0.1, 0.15) is 22.3 Å². The molecule has 7 aromatic carbocycles. The van der Waals surface area contributed by atoms with E-state index in [1.807, 2.05) is 0 Å². The summed E-state index contributed by atoms with van der Waals surface area (Å²) in [5, 5.41) is 127. The summed E-state index contributed by atoms with van der Waals surface area (Å²) in [5.41, 5.74) is -1.11. The van der Waals surface area contributed by atoms with Crippen LogP contribution in [-0.2, 0) is 66.2 Å². The third kappa shape index (κ3) is 19.2. The van der Waals surface area contributed by atoms with Crippen molar-refractivity contribution in [3.8, 4) is 11.5 Å². The molecule has 2 heterocycles. The van der Waals surface area contributed by atoms with Crippen LogP contribution in [0.5, 0.6) is 11.5 Å². The molecule has 0 bridgehead atoms. The molecule has 2 aromatic heterocycles. The van der Waals surface area contributed by atoms with Crippen LogP contribution in [0.4, 0.5) is 81.2 Å². The Morgan fingerprint density at radius 2 is 0.696 bits per heavy atom. The van der Waals surface area contributed by atoms with E-state index >= 15 is 0 Å². The van der Waals surface area contributed by atoms with E-state index in [4.69, 9.17) is 21.0 Å². The molecule has 46 heteroatoms. The summed E-state index contributed by atoms with van der Waals surface area (Å²) in [6.07, 6.45) is 0. The van der Waals surface area contributed by atoms with E-state index in [0.29, 0.717) is 0 Å². The highest BCUT2D eigenvalue weighted by atomic mass is 32.3. The summed E-state index contributed by atoms with van der Waals surface area (Å²) in [5.74, 6) is -3.98. The number of azo groups is 2. The number of hydrogen-bond acceptors (Lipinski definition) is 40. The second-order valence-electron chi connectivity index (χ2n) is 21.3. The van der Waals surface area contributed by atoms with Crippen molar-refractivity contribution in [2.45, 2.75) is 46.0 Å². The van der Waals surface area contributed by atoms with Crippen LogP contribution in [-0.4, -0.2) is 187 Å². The maximum atomic E-state index is 12.8. The largest absolute Gasteiger partial charge is 0.505 e. The van der Waals surface area contributed by atoms with Crippen LogP contribution in [0.25, 0.3) is 21.5 Å². The molecular weight excluding hydrogens is 1440 g/mol. The Morgan fingerprint density at radius 1 is 0.392 bits per heavy atom. The highest BCUT2D eigenvalue weighted by molar-refractivity contribution is 8.19. The van der Waals surface area contributed by atoms with Gasteiger partial charge in [-0.3, -0.25) is 30.1 Å². The number of aromatic nitrogens is 6. The van der Waals surface area contributed by atoms with Crippen LogP contribution < -0.4 is 31.1 Å². The Morgan fingerprint density at radius 3 is 0.971 bits per heavy atom. The average molecular weight is 1500 g/mol. The molecule has 0 aliphatic carbocycles. The van der Waals surface area contributed by atoms with Gasteiger partial charge in [-0.05, 0) is 118 Å². The number of rotatable bonds is 34. The van der Waals surface area contributed by atoms with Gasteiger partial charge in [-0.25, -0.2) is 19.6 Å². The van der Waals surface area contributed by atoms with E-state index in [0.717, 1.165) is 36.4 Å². The number of aromatic hydroxyl groups is 2. The molecule has 22 N–H and O–H groups in total. The number of aliphatic hydroxyl groups excluding tert-OH is 4. The van der Waals surface area contributed by atoms with Gasteiger partial charge in [0, 0.05) is 48.3 Å². The summed E-state index contributed by atoms with van der Waals surface area (Å²) in [4.78, 5) is 42.6. The van der Waals surface area contributed by atoms with Gasteiger partial charge in [0.25, 0.3) is 20.2 Å². The molecule has 0 spiro atoms. The molecular formula is C56H62N16O26S4. The van der Waals surface area contributed by atoms with Crippen molar-refractivity contribution < 1.29 is 124 Å². The van der Waals surface area contributed by atoms with Crippen LogP contribution in [0.3, 0.4) is 0 Å². The summed E-state index contributed by atoms with van der Waals surface area (Å²) in [7, 11) is -20.1. The van der Waals surface area contributed by atoms with Crippen molar-refractivity contribution in [1.29, 1.82) is 0 Å². The fourth-order valence-corrected chi connectivity index (χ4v) is 12.4. The third-order valence-electron chi connectivity index (χ3n) is 14.1. The van der Waals surface area contributed by atoms with Gasteiger partial charge in [0.15, 0.2) is 11.5 Å². The number of phenolic OH excluding ortho intramolecular Hbond substituents is 2. The zero-order chi connectivity index (χ0) is 73.8. The Labute approximate surface area is 577 Å². The van der Waals surface area contributed by atoms with Crippen molar-refractivity contribution in [1.82, 2.24) is 29.9 Å². The number of benzene rings is 7. The van der Waals surface area contributed by atoms with E-state index in [-0.39, 0.29) is 117 Å². The zero-order valence-electron chi connectivity index (χ0n) is 52.0. The Hall–Kier alpha value is -9.52. The molecule has 0 radical (unpaired) electrons. The molecule has 0 fully saturated rings. The summed E-state index contributed by atoms with van der Waals surface area (Å²) in [6.45, 7) is -4.34. The molecule has 9 rings (SSSR count). The molecule has 0 atom stereocenters. The number of nitrogens with zero attached hydrogens (tertiary/aromatic N) is 12. The minimum Gasteiger partial charge on any atom is -0.505 e. The van der Waals surface area contributed by atoms with Gasteiger partial charge in [0.05, 0.1) is 68.8 Å². The van der Waals surface area contributed by atoms with Gasteiger partial charge < -0.3 is 89.0 Å². The first-order valence-corrected chi connectivity index (χ1v) is 34.8. The quantitative estimate of drug-likeness (QED) is 0.00775. The molecule has 0 saturated heterocycles. The summed E-state index contributed by atoms with van der Waals surface area (Å²) in [6, 6.07) is 19.0. The molecule has 0 aliphatic rings. The first kappa shape index (κ1) is 76.7. The monoisotopic (exact) mass is 1500 g/mol. The predicted molar refractivity (Wildman–Crippen MR) is 361 cm³/mol. The highest BCUT2D eigenvalue weighted by Gasteiger charge is 2.31. The van der Waals surface area contributed by atoms with E-state index in [1.165, 1.54) is 70.5 Å². The number of phenols is 2. The average Bonchev–Trinajstić information content (AvgIpc) is 0.752. The first-order chi connectivity index (χ1) is 48.5. The van der Waals surface area contributed by atoms with Crippen LogP contribution in [0, 0.1) is 0 Å². The number of aliphatic hydroxyl groups is 4. The molecule has 0 saturated carbocycles. The van der Waals surface area contributed by atoms with Crippen LogP contribution in [0.2, 0.25) is 0 Å². The Balaban J connectivity index is 1.10. The van der Waals surface area contributed by atoms with Gasteiger partial charge in [0.1, 0.15) is 59.5 Å². The number of nitrogens with one attached hydrogen (secondary N) is 4.